The minimum Gasteiger partial charge on any atom is -0.465 e. The lowest BCUT2D eigenvalue weighted by Gasteiger charge is -2.33. The Morgan fingerprint density at radius 1 is 1.15 bits per heavy atom. The number of carboxylic acid groups (broad SMARTS) is 1. The Morgan fingerprint density at radius 3 is 2.48 bits per heavy atom. The van der Waals surface area contributed by atoms with E-state index in [0.717, 1.165) is 19.3 Å². The van der Waals surface area contributed by atoms with Crippen molar-refractivity contribution in [3.8, 4) is 0 Å². The second-order valence-electron chi connectivity index (χ2n) is 6.87. The number of amides is 2. The van der Waals surface area contributed by atoms with E-state index in [-0.39, 0.29) is 18.4 Å². The molecular formula is C20H30N2O5. The average Bonchev–Trinajstić information content (AvgIpc) is 2.68. The van der Waals surface area contributed by atoms with Crippen molar-refractivity contribution >= 4 is 12.0 Å². The van der Waals surface area contributed by atoms with Gasteiger partial charge in [0.05, 0.1) is 26.2 Å². The van der Waals surface area contributed by atoms with Gasteiger partial charge in [0.1, 0.15) is 0 Å². The molecule has 1 aromatic rings. The second-order valence-corrected chi connectivity index (χ2v) is 6.87. The number of rotatable bonds is 10. The van der Waals surface area contributed by atoms with Gasteiger partial charge in [0, 0.05) is 26.2 Å². The molecule has 1 fully saturated rings. The van der Waals surface area contributed by atoms with Gasteiger partial charge in [0.25, 0.3) is 0 Å². The number of aliphatic hydroxyl groups is 1. The maximum absolute atomic E-state index is 12.4. The van der Waals surface area contributed by atoms with Crippen LogP contribution >= 0.6 is 0 Å². The Balaban J connectivity index is 1.67. The van der Waals surface area contributed by atoms with Crippen LogP contribution in [0.1, 0.15) is 24.8 Å². The first kappa shape index (κ1) is 21.2. The van der Waals surface area contributed by atoms with Gasteiger partial charge < -0.3 is 24.7 Å². The van der Waals surface area contributed by atoms with Crippen LogP contribution in [0.5, 0.6) is 0 Å². The summed E-state index contributed by atoms with van der Waals surface area (Å²) in [5.41, 5.74) is 1.21. The van der Waals surface area contributed by atoms with E-state index < -0.39 is 6.09 Å². The fraction of sp³-hybridized carbons (Fsp3) is 0.600. The van der Waals surface area contributed by atoms with E-state index in [1.807, 2.05) is 30.3 Å². The van der Waals surface area contributed by atoms with Gasteiger partial charge in [-0.3, -0.25) is 4.79 Å². The summed E-state index contributed by atoms with van der Waals surface area (Å²) in [6.45, 7) is 2.75. The van der Waals surface area contributed by atoms with Crippen LogP contribution < -0.4 is 0 Å². The maximum atomic E-state index is 12.4. The number of nitrogens with zero attached hydrogens (tertiary/aromatic N) is 2. The predicted molar refractivity (Wildman–Crippen MR) is 102 cm³/mol. The summed E-state index contributed by atoms with van der Waals surface area (Å²) in [5.74, 6) is 0.250. The first-order chi connectivity index (χ1) is 13.1. The highest BCUT2D eigenvalue weighted by Gasteiger charge is 2.25. The van der Waals surface area contributed by atoms with Gasteiger partial charge in [-0.15, -0.1) is 0 Å². The third-order valence-electron chi connectivity index (χ3n) is 4.92. The SMILES string of the molecule is O=C(O)N1CCC(CN(CCO)C(=O)CCOCCc2ccccc2)CC1. The van der Waals surface area contributed by atoms with Crippen molar-refractivity contribution in [1.82, 2.24) is 9.80 Å². The van der Waals surface area contributed by atoms with Crippen LogP contribution in [0.2, 0.25) is 0 Å². The number of hydrogen-bond acceptors (Lipinski definition) is 4. The Kier molecular flexibility index (Phi) is 9.07. The number of aliphatic hydroxyl groups excluding tert-OH is 1. The van der Waals surface area contributed by atoms with Crippen LogP contribution in [-0.4, -0.2) is 78.0 Å². The summed E-state index contributed by atoms with van der Waals surface area (Å²) < 4.78 is 5.59. The molecule has 2 amide bonds. The number of likely N-dealkylation sites (tertiary alicyclic amines) is 1. The molecular weight excluding hydrogens is 348 g/mol. The topological polar surface area (TPSA) is 90.3 Å². The van der Waals surface area contributed by atoms with Gasteiger partial charge >= 0.3 is 6.09 Å². The third-order valence-corrected chi connectivity index (χ3v) is 4.92. The molecule has 1 aliphatic rings. The molecule has 7 nitrogen and oxygen atoms in total. The molecule has 1 aliphatic heterocycles. The molecule has 2 rings (SSSR count). The third kappa shape index (κ3) is 7.56. The van der Waals surface area contributed by atoms with Crippen LogP contribution in [-0.2, 0) is 16.0 Å². The summed E-state index contributed by atoms with van der Waals surface area (Å²) in [6.07, 6.45) is 1.72. The van der Waals surface area contributed by atoms with E-state index in [9.17, 15) is 14.7 Å². The molecule has 27 heavy (non-hydrogen) atoms. The Morgan fingerprint density at radius 2 is 1.85 bits per heavy atom. The Bertz CT molecular complexity index is 573. The van der Waals surface area contributed by atoms with Crippen molar-refractivity contribution in [2.75, 3.05) is 46.0 Å². The standard InChI is InChI=1S/C20H30N2O5/c23-13-12-22(16-18-6-10-21(11-7-18)20(25)26)19(24)9-15-27-14-8-17-4-2-1-3-5-17/h1-5,18,23H,6-16H2,(H,25,26). The van der Waals surface area contributed by atoms with E-state index in [1.165, 1.54) is 10.5 Å². The smallest absolute Gasteiger partial charge is 0.407 e. The summed E-state index contributed by atoms with van der Waals surface area (Å²) >= 11 is 0. The zero-order chi connectivity index (χ0) is 19.5. The van der Waals surface area contributed by atoms with Crippen LogP contribution in [0.3, 0.4) is 0 Å². The lowest BCUT2D eigenvalue weighted by atomic mass is 9.96. The monoisotopic (exact) mass is 378 g/mol. The normalized spacial score (nSPS) is 14.9. The van der Waals surface area contributed by atoms with Gasteiger partial charge in [-0.2, -0.15) is 0 Å². The van der Waals surface area contributed by atoms with Crippen molar-refractivity contribution in [2.24, 2.45) is 5.92 Å². The van der Waals surface area contributed by atoms with E-state index in [1.54, 1.807) is 4.90 Å². The largest absolute Gasteiger partial charge is 0.465 e. The van der Waals surface area contributed by atoms with Gasteiger partial charge in [-0.25, -0.2) is 4.79 Å². The quantitative estimate of drug-likeness (QED) is 0.607. The molecule has 0 radical (unpaired) electrons. The zero-order valence-electron chi connectivity index (χ0n) is 15.8. The number of ether oxygens (including phenoxy) is 1. The van der Waals surface area contributed by atoms with E-state index >= 15 is 0 Å². The molecule has 150 valence electrons. The molecule has 1 saturated heterocycles. The molecule has 0 saturated carbocycles. The van der Waals surface area contributed by atoms with Crippen LogP contribution in [0, 0.1) is 5.92 Å². The van der Waals surface area contributed by atoms with Gasteiger partial charge in [-0.05, 0) is 30.7 Å². The van der Waals surface area contributed by atoms with Crippen LogP contribution in [0.25, 0.3) is 0 Å². The van der Waals surface area contributed by atoms with Crippen molar-refractivity contribution in [1.29, 1.82) is 0 Å². The first-order valence-electron chi connectivity index (χ1n) is 9.58. The van der Waals surface area contributed by atoms with E-state index in [0.29, 0.717) is 45.8 Å². The number of carbonyl (C=O) groups excluding carboxylic acids is 1. The zero-order valence-corrected chi connectivity index (χ0v) is 15.8. The summed E-state index contributed by atoms with van der Waals surface area (Å²) in [6, 6.07) is 10.1. The fourth-order valence-electron chi connectivity index (χ4n) is 3.31. The summed E-state index contributed by atoms with van der Waals surface area (Å²) in [7, 11) is 0. The van der Waals surface area contributed by atoms with Crippen LogP contribution in [0.4, 0.5) is 4.79 Å². The van der Waals surface area contributed by atoms with Gasteiger partial charge in [-0.1, -0.05) is 30.3 Å². The minimum absolute atomic E-state index is 0.0237. The molecule has 0 aliphatic carbocycles. The van der Waals surface area contributed by atoms with Crippen molar-refractivity contribution < 1.29 is 24.5 Å². The molecule has 0 atom stereocenters. The number of hydrogen-bond donors (Lipinski definition) is 2. The Hall–Kier alpha value is -2.12. The number of piperidine rings is 1. The Labute approximate surface area is 160 Å². The average molecular weight is 378 g/mol. The first-order valence-corrected chi connectivity index (χ1v) is 9.58. The summed E-state index contributed by atoms with van der Waals surface area (Å²) in [5, 5.41) is 18.3. The highest BCUT2D eigenvalue weighted by atomic mass is 16.5. The fourth-order valence-corrected chi connectivity index (χ4v) is 3.31. The number of carbonyl (C=O) groups is 2. The van der Waals surface area contributed by atoms with Crippen molar-refractivity contribution in [3.63, 3.8) is 0 Å². The second kappa shape index (κ2) is 11.6. The highest BCUT2D eigenvalue weighted by molar-refractivity contribution is 5.76. The van der Waals surface area contributed by atoms with Crippen molar-refractivity contribution in [3.05, 3.63) is 35.9 Å². The van der Waals surface area contributed by atoms with Crippen molar-refractivity contribution in [2.45, 2.75) is 25.7 Å². The van der Waals surface area contributed by atoms with Gasteiger partial charge in [0.15, 0.2) is 0 Å². The van der Waals surface area contributed by atoms with Gasteiger partial charge in [0.2, 0.25) is 5.91 Å². The van der Waals surface area contributed by atoms with Crippen LogP contribution in [0.15, 0.2) is 30.3 Å². The number of benzene rings is 1. The molecule has 0 spiro atoms. The lowest BCUT2D eigenvalue weighted by Crippen LogP contribution is -2.43. The van der Waals surface area contributed by atoms with E-state index in [4.69, 9.17) is 9.84 Å². The summed E-state index contributed by atoms with van der Waals surface area (Å²) in [4.78, 5) is 26.5. The molecule has 0 unspecified atom stereocenters. The molecule has 7 heteroatoms. The molecule has 0 aromatic heterocycles. The highest BCUT2D eigenvalue weighted by Crippen LogP contribution is 2.19. The molecule has 1 aromatic carbocycles. The lowest BCUT2D eigenvalue weighted by molar-refractivity contribution is -0.133. The molecule has 0 bridgehead atoms. The predicted octanol–water partition coefficient (Wildman–Crippen LogP) is 1.85. The maximum Gasteiger partial charge on any atom is 0.407 e. The molecule has 2 N–H and O–H groups in total. The van der Waals surface area contributed by atoms with E-state index in [2.05, 4.69) is 0 Å². The minimum atomic E-state index is -0.885. The molecule has 1 heterocycles.